The van der Waals surface area contributed by atoms with Crippen LogP contribution in [0.25, 0.3) is 11.1 Å². The first-order chi connectivity index (χ1) is 12.8. The van der Waals surface area contributed by atoms with Crippen LogP contribution in [0, 0.1) is 17.2 Å². The molecule has 1 nitrogen and oxygen atoms in total. The highest BCUT2D eigenvalue weighted by molar-refractivity contribution is 5.64. The summed E-state index contributed by atoms with van der Waals surface area (Å²) in [4.78, 5) is 0. The minimum absolute atomic E-state index is 0.162. The zero-order valence-electron chi connectivity index (χ0n) is 15.5. The van der Waals surface area contributed by atoms with Crippen LogP contribution in [0.5, 0.6) is 0 Å². The molecule has 1 saturated carbocycles. The molecule has 0 heterocycles. The minimum atomic E-state index is -0.162. The summed E-state index contributed by atoms with van der Waals surface area (Å²) in [7, 11) is 0. The van der Waals surface area contributed by atoms with E-state index in [1.54, 1.807) is 0 Å². The largest absolute Gasteiger partial charge is 0.251 e. The van der Waals surface area contributed by atoms with Gasteiger partial charge < -0.3 is 0 Å². The van der Waals surface area contributed by atoms with Crippen LogP contribution < -0.4 is 0 Å². The molecule has 3 rings (SSSR count). The Kier molecular flexibility index (Phi) is 6.83. The van der Waals surface area contributed by atoms with Crippen molar-refractivity contribution < 1.29 is 4.39 Å². The monoisotopic (exact) mass is 349 g/mol. The van der Waals surface area contributed by atoms with E-state index in [1.807, 2.05) is 24.3 Å². The summed E-state index contributed by atoms with van der Waals surface area (Å²) < 4.78 is 12.2. The molecule has 0 bridgehead atoms. The van der Waals surface area contributed by atoms with Crippen LogP contribution in [0.15, 0.2) is 48.5 Å². The maximum absolute atomic E-state index is 12.2. The molecule has 1 fully saturated rings. The first-order valence-electron chi connectivity index (χ1n) is 9.96. The molecule has 2 aromatic rings. The molecular formula is C24H28FN. The molecule has 1 aliphatic rings. The Bertz CT molecular complexity index is 703. The van der Waals surface area contributed by atoms with Crippen molar-refractivity contribution in [3.8, 4) is 17.2 Å². The Balaban J connectivity index is 1.52. The molecule has 0 saturated heterocycles. The zero-order chi connectivity index (χ0) is 18.2. The van der Waals surface area contributed by atoms with Gasteiger partial charge in [0.2, 0.25) is 0 Å². The van der Waals surface area contributed by atoms with Crippen molar-refractivity contribution in [3.63, 3.8) is 0 Å². The lowest BCUT2D eigenvalue weighted by Crippen LogP contribution is -2.13. The third-order valence-electron chi connectivity index (χ3n) is 5.82. The Labute approximate surface area is 156 Å². The first-order valence-corrected chi connectivity index (χ1v) is 9.96. The standard InChI is InChI=1S/C24H28FN/c25-17-3-1-2-4-19-5-9-21(10-6-19)23-13-15-24(16-14-23)22-11-7-20(18-26)8-12-22/h7-8,11-16,19,21H,1-6,9-10,17H2. The van der Waals surface area contributed by atoms with Crippen molar-refractivity contribution in [2.75, 3.05) is 6.67 Å². The highest BCUT2D eigenvalue weighted by Gasteiger charge is 2.22. The third kappa shape index (κ3) is 4.94. The number of alkyl halides is 1. The molecular weight excluding hydrogens is 321 g/mol. The van der Waals surface area contributed by atoms with Crippen molar-refractivity contribution in [3.05, 3.63) is 59.7 Å². The average Bonchev–Trinajstić information content (AvgIpc) is 2.72. The maximum Gasteiger partial charge on any atom is 0.0991 e. The van der Waals surface area contributed by atoms with Gasteiger partial charge in [-0.05, 0) is 72.8 Å². The fourth-order valence-corrected chi connectivity index (χ4v) is 4.17. The maximum atomic E-state index is 12.2. The second kappa shape index (κ2) is 9.53. The van der Waals surface area contributed by atoms with E-state index in [9.17, 15) is 4.39 Å². The Morgan fingerprint density at radius 3 is 2.00 bits per heavy atom. The van der Waals surface area contributed by atoms with E-state index < -0.39 is 0 Å². The van der Waals surface area contributed by atoms with Crippen LogP contribution in [0.1, 0.15) is 68.4 Å². The van der Waals surface area contributed by atoms with Gasteiger partial charge in [0.25, 0.3) is 0 Å². The second-order valence-electron chi connectivity index (χ2n) is 7.57. The molecule has 0 aromatic heterocycles. The molecule has 1 aliphatic carbocycles. The Morgan fingerprint density at radius 2 is 1.42 bits per heavy atom. The van der Waals surface area contributed by atoms with Gasteiger partial charge in [-0.3, -0.25) is 4.39 Å². The van der Waals surface area contributed by atoms with E-state index in [-0.39, 0.29) is 6.67 Å². The van der Waals surface area contributed by atoms with Crippen LogP contribution in [-0.4, -0.2) is 6.67 Å². The second-order valence-corrected chi connectivity index (χ2v) is 7.57. The lowest BCUT2D eigenvalue weighted by Gasteiger charge is -2.29. The SMILES string of the molecule is N#Cc1ccc(-c2ccc(C3CCC(CCCCCF)CC3)cc2)cc1. The van der Waals surface area contributed by atoms with Gasteiger partial charge in [-0.25, -0.2) is 0 Å². The van der Waals surface area contributed by atoms with E-state index in [4.69, 9.17) is 5.26 Å². The fraction of sp³-hybridized carbons (Fsp3) is 0.458. The number of nitrogens with zero attached hydrogens (tertiary/aromatic N) is 1. The summed E-state index contributed by atoms with van der Waals surface area (Å²) in [6, 6.07) is 18.9. The van der Waals surface area contributed by atoms with Gasteiger partial charge in [-0.2, -0.15) is 5.26 Å². The van der Waals surface area contributed by atoms with E-state index in [0.717, 1.165) is 24.3 Å². The van der Waals surface area contributed by atoms with E-state index in [0.29, 0.717) is 11.5 Å². The molecule has 0 atom stereocenters. The van der Waals surface area contributed by atoms with Crippen LogP contribution in [0.3, 0.4) is 0 Å². The summed E-state index contributed by atoms with van der Waals surface area (Å²) in [5.74, 6) is 1.54. The molecule has 136 valence electrons. The van der Waals surface area contributed by atoms with Crippen LogP contribution in [-0.2, 0) is 0 Å². The summed E-state index contributed by atoms with van der Waals surface area (Å²) in [6.45, 7) is -0.162. The number of hydrogen-bond acceptors (Lipinski definition) is 1. The number of nitriles is 1. The number of unbranched alkanes of at least 4 members (excludes halogenated alkanes) is 2. The summed E-state index contributed by atoms with van der Waals surface area (Å²) in [5.41, 5.74) is 4.53. The van der Waals surface area contributed by atoms with Crippen molar-refractivity contribution in [2.45, 2.75) is 57.3 Å². The van der Waals surface area contributed by atoms with Gasteiger partial charge in [-0.1, -0.05) is 55.7 Å². The van der Waals surface area contributed by atoms with Crippen LogP contribution in [0.2, 0.25) is 0 Å². The molecule has 26 heavy (non-hydrogen) atoms. The predicted octanol–water partition coefficient (Wildman–Crippen LogP) is 7.03. The van der Waals surface area contributed by atoms with Crippen molar-refractivity contribution in [1.29, 1.82) is 5.26 Å². The van der Waals surface area contributed by atoms with Crippen molar-refractivity contribution in [2.24, 2.45) is 5.92 Å². The van der Waals surface area contributed by atoms with Gasteiger partial charge in [-0.15, -0.1) is 0 Å². The lowest BCUT2D eigenvalue weighted by molar-refractivity contribution is 0.300. The predicted molar refractivity (Wildman–Crippen MR) is 106 cm³/mol. The van der Waals surface area contributed by atoms with Crippen LogP contribution >= 0.6 is 0 Å². The smallest absolute Gasteiger partial charge is 0.0991 e. The Morgan fingerprint density at radius 1 is 0.808 bits per heavy atom. The van der Waals surface area contributed by atoms with Gasteiger partial charge in [0.05, 0.1) is 18.3 Å². The normalized spacial score (nSPS) is 19.8. The van der Waals surface area contributed by atoms with Crippen LogP contribution in [0.4, 0.5) is 4.39 Å². The highest BCUT2D eigenvalue weighted by atomic mass is 19.1. The zero-order valence-corrected chi connectivity index (χ0v) is 15.5. The van der Waals surface area contributed by atoms with E-state index >= 15 is 0 Å². The summed E-state index contributed by atoms with van der Waals surface area (Å²) in [6.07, 6.45) is 9.46. The fourth-order valence-electron chi connectivity index (χ4n) is 4.17. The molecule has 2 heteroatoms. The lowest BCUT2D eigenvalue weighted by atomic mass is 9.77. The first kappa shape index (κ1) is 18.6. The van der Waals surface area contributed by atoms with Gasteiger partial charge in [0, 0.05) is 0 Å². The topological polar surface area (TPSA) is 23.8 Å². The third-order valence-corrected chi connectivity index (χ3v) is 5.82. The average molecular weight is 349 g/mol. The molecule has 0 aliphatic heterocycles. The molecule has 0 amide bonds. The number of benzene rings is 2. The van der Waals surface area contributed by atoms with E-state index in [2.05, 4.69) is 30.3 Å². The van der Waals surface area contributed by atoms with Gasteiger partial charge in [0.1, 0.15) is 0 Å². The van der Waals surface area contributed by atoms with Crippen molar-refractivity contribution in [1.82, 2.24) is 0 Å². The highest BCUT2D eigenvalue weighted by Crippen LogP contribution is 2.38. The molecule has 0 unspecified atom stereocenters. The number of hydrogen-bond donors (Lipinski definition) is 0. The molecule has 0 spiro atoms. The number of rotatable bonds is 7. The molecule has 0 radical (unpaired) electrons. The quantitative estimate of drug-likeness (QED) is 0.492. The summed E-state index contributed by atoms with van der Waals surface area (Å²) >= 11 is 0. The Hall–Kier alpha value is -2.14. The van der Waals surface area contributed by atoms with Gasteiger partial charge >= 0.3 is 0 Å². The van der Waals surface area contributed by atoms with Gasteiger partial charge in [0.15, 0.2) is 0 Å². The number of halogens is 1. The van der Waals surface area contributed by atoms with Crippen molar-refractivity contribution >= 4 is 0 Å². The molecule has 2 aromatic carbocycles. The minimum Gasteiger partial charge on any atom is -0.251 e. The summed E-state index contributed by atoms with van der Waals surface area (Å²) in [5, 5.41) is 8.91. The van der Waals surface area contributed by atoms with E-state index in [1.165, 1.54) is 49.7 Å². The molecule has 0 N–H and O–H groups in total.